The third-order valence-electron chi connectivity index (χ3n) is 5.96. The van der Waals surface area contributed by atoms with Crippen LogP contribution >= 0.6 is 11.3 Å². The van der Waals surface area contributed by atoms with E-state index in [0.717, 1.165) is 41.2 Å². The molecule has 4 amide bonds. The van der Waals surface area contributed by atoms with Gasteiger partial charge in [0, 0.05) is 49.8 Å². The van der Waals surface area contributed by atoms with Gasteiger partial charge in [-0.2, -0.15) is 4.31 Å². The number of hydrogen-bond donors (Lipinski definition) is 2. The Morgan fingerprint density at radius 3 is 2.52 bits per heavy atom. The summed E-state index contributed by atoms with van der Waals surface area (Å²) < 4.78 is 27.0. The Bertz CT molecular complexity index is 954. The molecule has 3 aliphatic rings. The molecule has 2 N–H and O–H groups in total. The first-order valence-corrected chi connectivity index (χ1v) is 13.1. The zero-order valence-corrected chi connectivity index (χ0v) is 18.9. The van der Waals surface area contributed by atoms with E-state index in [2.05, 4.69) is 15.6 Å². The van der Waals surface area contributed by atoms with Crippen LogP contribution < -0.4 is 10.6 Å². The van der Waals surface area contributed by atoms with Crippen molar-refractivity contribution in [3.05, 3.63) is 10.6 Å². The van der Waals surface area contributed by atoms with Crippen LogP contribution in [-0.4, -0.2) is 65.3 Å². The van der Waals surface area contributed by atoms with E-state index in [-0.39, 0.29) is 62.1 Å². The fourth-order valence-electron chi connectivity index (χ4n) is 4.24. The van der Waals surface area contributed by atoms with E-state index in [9.17, 15) is 22.8 Å². The number of piperidine rings is 1. The molecule has 2 fully saturated rings. The van der Waals surface area contributed by atoms with Crippen LogP contribution in [0.5, 0.6) is 0 Å². The molecule has 1 aromatic heterocycles. The number of fused-ring (bicyclic) bond motifs is 1. The fraction of sp³-hybridized carbons (Fsp3) is 0.684. The quantitative estimate of drug-likeness (QED) is 0.607. The number of sulfonamides is 1. The molecule has 0 unspecified atom stereocenters. The van der Waals surface area contributed by atoms with Gasteiger partial charge in [-0.15, -0.1) is 0 Å². The van der Waals surface area contributed by atoms with E-state index in [4.69, 9.17) is 0 Å². The lowest BCUT2D eigenvalue weighted by molar-refractivity contribution is -0.147. The van der Waals surface area contributed by atoms with Gasteiger partial charge in [0.25, 0.3) is 0 Å². The summed E-state index contributed by atoms with van der Waals surface area (Å²) in [4.78, 5) is 42.3. The standard InChI is InChI=1S/C19H27N5O5S2/c25-16-6-3-7-17(26)24(16)10-11-31(28,29)23-9-8-14-15(12-23)30-19(21-14)22-18(27)20-13-4-1-2-5-13/h13H,1-12H2,(H2,20,21,22,27). The Kier molecular flexibility index (Phi) is 6.58. The smallest absolute Gasteiger partial charge is 0.321 e. The zero-order chi connectivity index (χ0) is 22.0. The summed E-state index contributed by atoms with van der Waals surface area (Å²) in [6.45, 7) is 0.359. The molecule has 1 saturated carbocycles. The maximum atomic E-state index is 12.8. The number of nitrogens with zero attached hydrogens (tertiary/aromatic N) is 3. The highest BCUT2D eigenvalue weighted by Crippen LogP contribution is 2.30. The maximum absolute atomic E-state index is 12.8. The third kappa shape index (κ3) is 5.24. The zero-order valence-electron chi connectivity index (χ0n) is 17.3. The molecule has 4 rings (SSSR count). The summed E-state index contributed by atoms with van der Waals surface area (Å²) in [7, 11) is -3.64. The average molecular weight is 470 g/mol. The molecule has 2 aliphatic heterocycles. The first-order valence-electron chi connectivity index (χ1n) is 10.7. The van der Waals surface area contributed by atoms with Crippen LogP contribution in [0.25, 0.3) is 0 Å². The molecule has 1 aromatic rings. The molecule has 12 heteroatoms. The molecular formula is C19H27N5O5S2. The van der Waals surface area contributed by atoms with Crippen molar-refractivity contribution in [2.45, 2.75) is 64.0 Å². The molecule has 0 radical (unpaired) electrons. The van der Waals surface area contributed by atoms with Crippen molar-refractivity contribution >= 4 is 44.3 Å². The summed E-state index contributed by atoms with van der Waals surface area (Å²) >= 11 is 1.28. The van der Waals surface area contributed by atoms with Crippen molar-refractivity contribution in [3.8, 4) is 0 Å². The number of imide groups is 1. The Morgan fingerprint density at radius 1 is 1.10 bits per heavy atom. The van der Waals surface area contributed by atoms with E-state index in [0.29, 0.717) is 18.0 Å². The monoisotopic (exact) mass is 469 g/mol. The fourth-order valence-corrected chi connectivity index (χ4v) is 6.70. The molecule has 0 atom stereocenters. The number of thiazole rings is 1. The van der Waals surface area contributed by atoms with E-state index in [1.165, 1.54) is 15.6 Å². The minimum atomic E-state index is -3.64. The SMILES string of the molecule is O=C(Nc1nc2c(s1)CN(S(=O)(=O)CCN1C(=O)CCCC1=O)CC2)NC1CCCC1. The number of nitrogens with one attached hydrogen (secondary N) is 2. The molecule has 0 aromatic carbocycles. The topological polar surface area (TPSA) is 129 Å². The first kappa shape index (κ1) is 22.2. The summed E-state index contributed by atoms with van der Waals surface area (Å²) in [5.74, 6) is -0.893. The van der Waals surface area contributed by atoms with Gasteiger partial charge in [-0.1, -0.05) is 24.2 Å². The molecule has 1 saturated heterocycles. The summed E-state index contributed by atoms with van der Waals surface area (Å²) in [6.07, 6.45) is 5.77. The molecule has 0 bridgehead atoms. The van der Waals surface area contributed by atoms with Crippen molar-refractivity contribution in [1.82, 2.24) is 19.5 Å². The Labute approximate surface area is 185 Å². The average Bonchev–Trinajstić information content (AvgIpc) is 3.35. The van der Waals surface area contributed by atoms with Gasteiger partial charge in [-0.25, -0.2) is 18.2 Å². The first-order chi connectivity index (χ1) is 14.8. The van der Waals surface area contributed by atoms with Gasteiger partial charge in [0.15, 0.2) is 5.13 Å². The van der Waals surface area contributed by atoms with Gasteiger partial charge in [0.1, 0.15) is 0 Å². The summed E-state index contributed by atoms with van der Waals surface area (Å²) in [5, 5.41) is 6.17. The molecule has 31 heavy (non-hydrogen) atoms. The number of anilines is 1. The second-order valence-electron chi connectivity index (χ2n) is 8.16. The number of rotatable bonds is 6. The number of hydrogen-bond acceptors (Lipinski definition) is 7. The lowest BCUT2D eigenvalue weighted by Crippen LogP contribution is -2.45. The summed E-state index contributed by atoms with van der Waals surface area (Å²) in [5.41, 5.74) is 0.800. The third-order valence-corrected chi connectivity index (χ3v) is 8.75. The van der Waals surface area contributed by atoms with Crippen molar-refractivity contribution in [3.63, 3.8) is 0 Å². The van der Waals surface area contributed by atoms with Gasteiger partial charge < -0.3 is 5.32 Å². The predicted octanol–water partition coefficient (Wildman–Crippen LogP) is 1.43. The van der Waals surface area contributed by atoms with Gasteiger partial charge in [-0.05, 0) is 19.3 Å². The normalized spacial score (nSPS) is 20.7. The second kappa shape index (κ2) is 9.21. The van der Waals surface area contributed by atoms with E-state index in [1.807, 2.05) is 0 Å². The molecule has 3 heterocycles. The van der Waals surface area contributed by atoms with E-state index in [1.54, 1.807) is 0 Å². The van der Waals surface area contributed by atoms with Crippen LogP contribution in [0.3, 0.4) is 0 Å². The lowest BCUT2D eigenvalue weighted by Gasteiger charge is -2.28. The Hall–Kier alpha value is -2.05. The largest absolute Gasteiger partial charge is 0.335 e. The maximum Gasteiger partial charge on any atom is 0.321 e. The summed E-state index contributed by atoms with van der Waals surface area (Å²) in [6, 6.07) is -0.0766. The van der Waals surface area contributed by atoms with Gasteiger partial charge in [-0.3, -0.25) is 19.8 Å². The van der Waals surface area contributed by atoms with Crippen LogP contribution in [0.4, 0.5) is 9.93 Å². The second-order valence-corrected chi connectivity index (χ2v) is 11.3. The predicted molar refractivity (Wildman–Crippen MR) is 115 cm³/mol. The molecular weight excluding hydrogens is 442 g/mol. The highest BCUT2D eigenvalue weighted by Gasteiger charge is 2.32. The Morgan fingerprint density at radius 2 is 1.81 bits per heavy atom. The van der Waals surface area contributed by atoms with Crippen LogP contribution in [0.1, 0.15) is 55.5 Å². The van der Waals surface area contributed by atoms with Gasteiger partial charge in [0.05, 0.1) is 11.4 Å². The van der Waals surface area contributed by atoms with Gasteiger partial charge >= 0.3 is 6.03 Å². The van der Waals surface area contributed by atoms with Crippen molar-refractivity contribution in [2.75, 3.05) is 24.2 Å². The van der Waals surface area contributed by atoms with Crippen LogP contribution in [0, 0.1) is 0 Å². The van der Waals surface area contributed by atoms with E-state index < -0.39 is 10.0 Å². The highest BCUT2D eigenvalue weighted by atomic mass is 32.2. The minimum absolute atomic E-state index is 0.111. The number of urea groups is 1. The van der Waals surface area contributed by atoms with Crippen LogP contribution in [0.15, 0.2) is 0 Å². The minimum Gasteiger partial charge on any atom is -0.335 e. The number of carbonyl (C=O) groups is 3. The van der Waals surface area contributed by atoms with Crippen LogP contribution in [-0.2, 0) is 32.6 Å². The van der Waals surface area contributed by atoms with Gasteiger partial charge in [0.2, 0.25) is 21.8 Å². The Balaban J connectivity index is 1.34. The number of amides is 4. The number of likely N-dealkylation sites (tertiary alicyclic amines) is 1. The number of carbonyl (C=O) groups excluding carboxylic acids is 3. The lowest BCUT2D eigenvalue weighted by atomic mass is 10.1. The molecule has 170 valence electrons. The van der Waals surface area contributed by atoms with Crippen molar-refractivity contribution < 1.29 is 22.8 Å². The van der Waals surface area contributed by atoms with Crippen LogP contribution in [0.2, 0.25) is 0 Å². The molecule has 1 aliphatic carbocycles. The molecule has 10 nitrogen and oxygen atoms in total. The number of aromatic nitrogens is 1. The van der Waals surface area contributed by atoms with E-state index >= 15 is 0 Å². The highest BCUT2D eigenvalue weighted by molar-refractivity contribution is 7.89. The van der Waals surface area contributed by atoms with Crippen molar-refractivity contribution in [2.24, 2.45) is 0 Å². The molecule has 0 spiro atoms. The van der Waals surface area contributed by atoms with Crippen molar-refractivity contribution in [1.29, 1.82) is 0 Å².